The van der Waals surface area contributed by atoms with Crippen LogP contribution in [0.4, 0.5) is 0 Å². The third kappa shape index (κ3) is 3.43. The van der Waals surface area contributed by atoms with Gasteiger partial charge in [-0.3, -0.25) is 0 Å². The lowest BCUT2D eigenvalue weighted by Gasteiger charge is -2.31. The summed E-state index contributed by atoms with van der Waals surface area (Å²) >= 11 is 0. The summed E-state index contributed by atoms with van der Waals surface area (Å²) < 4.78 is 0. The van der Waals surface area contributed by atoms with E-state index in [2.05, 4.69) is 13.8 Å². The molecule has 1 atom stereocenters. The van der Waals surface area contributed by atoms with E-state index in [9.17, 15) is 4.79 Å². The first-order chi connectivity index (χ1) is 6.63. The molecule has 1 aliphatic carbocycles. The van der Waals surface area contributed by atoms with Crippen LogP contribution >= 0.6 is 0 Å². The lowest BCUT2D eigenvalue weighted by molar-refractivity contribution is -0.111. The fourth-order valence-electron chi connectivity index (χ4n) is 2.67. The average Bonchev–Trinajstić information content (AvgIpc) is 2.18. The molecule has 1 heteroatoms. The van der Waals surface area contributed by atoms with E-state index in [1.54, 1.807) is 0 Å². The van der Waals surface area contributed by atoms with Crippen LogP contribution in [-0.2, 0) is 4.79 Å². The molecule has 0 heterocycles. The van der Waals surface area contributed by atoms with E-state index in [0.29, 0.717) is 0 Å². The summed E-state index contributed by atoms with van der Waals surface area (Å²) in [5, 5.41) is 0. The standard InChI is InChI=1S/C13H24O/c1-10(2)13-6-4-12(5-7-13)8-11(3)9-14/h9-13H,4-8H2,1-3H3. The highest BCUT2D eigenvalue weighted by molar-refractivity contribution is 5.52. The van der Waals surface area contributed by atoms with Crippen molar-refractivity contribution in [1.29, 1.82) is 0 Å². The highest BCUT2D eigenvalue weighted by Crippen LogP contribution is 2.35. The van der Waals surface area contributed by atoms with Crippen LogP contribution < -0.4 is 0 Å². The number of aldehydes is 1. The molecule has 0 aliphatic heterocycles. The molecular weight excluding hydrogens is 172 g/mol. The van der Waals surface area contributed by atoms with E-state index < -0.39 is 0 Å². The maximum atomic E-state index is 10.6. The number of carbonyl (C=O) groups is 1. The van der Waals surface area contributed by atoms with Crippen LogP contribution in [0, 0.1) is 23.7 Å². The smallest absolute Gasteiger partial charge is 0.122 e. The first kappa shape index (κ1) is 11.7. The summed E-state index contributed by atoms with van der Waals surface area (Å²) in [4.78, 5) is 10.6. The Kier molecular flexibility index (Phi) is 4.64. The summed E-state index contributed by atoms with van der Waals surface area (Å²) in [7, 11) is 0. The van der Waals surface area contributed by atoms with Gasteiger partial charge in [0, 0.05) is 5.92 Å². The zero-order valence-electron chi connectivity index (χ0n) is 9.83. The van der Waals surface area contributed by atoms with Crippen LogP contribution in [0.15, 0.2) is 0 Å². The molecule has 1 unspecified atom stereocenters. The van der Waals surface area contributed by atoms with E-state index in [-0.39, 0.29) is 5.92 Å². The molecule has 1 fully saturated rings. The molecule has 0 aromatic carbocycles. The highest BCUT2D eigenvalue weighted by atomic mass is 16.1. The SMILES string of the molecule is CC(C=O)CC1CCC(C(C)C)CC1. The summed E-state index contributed by atoms with van der Waals surface area (Å²) in [5.74, 6) is 2.89. The lowest BCUT2D eigenvalue weighted by atomic mass is 9.75. The Morgan fingerprint density at radius 3 is 2.14 bits per heavy atom. The van der Waals surface area contributed by atoms with Crippen molar-refractivity contribution in [3.63, 3.8) is 0 Å². The quantitative estimate of drug-likeness (QED) is 0.627. The second kappa shape index (κ2) is 5.53. The predicted octanol–water partition coefficient (Wildman–Crippen LogP) is 3.67. The first-order valence-corrected chi connectivity index (χ1v) is 6.08. The first-order valence-electron chi connectivity index (χ1n) is 6.08. The molecule has 0 amide bonds. The van der Waals surface area contributed by atoms with Crippen molar-refractivity contribution in [3.05, 3.63) is 0 Å². The highest BCUT2D eigenvalue weighted by Gasteiger charge is 2.23. The van der Waals surface area contributed by atoms with E-state index in [0.717, 1.165) is 30.5 Å². The second-order valence-corrected chi connectivity index (χ2v) is 5.37. The van der Waals surface area contributed by atoms with Crippen molar-refractivity contribution in [2.24, 2.45) is 23.7 Å². The average molecular weight is 196 g/mol. The molecule has 0 saturated heterocycles. The molecule has 0 bridgehead atoms. The summed E-state index contributed by atoms with van der Waals surface area (Å²) in [5.41, 5.74) is 0. The van der Waals surface area contributed by atoms with Crippen LogP contribution in [0.2, 0.25) is 0 Å². The maximum absolute atomic E-state index is 10.6. The third-order valence-electron chi connectivity index (χ3n) is 3.77. The summed E-state index contributed by atoms with van der Waals surface area (Å²) in [6, 6.07) is 0. The fourth-order valence-corrected chi connectivity index (χ4v) is 2.67. The minimum atomic E-state index is 0.274. The van der Waals surface area contributed by atoms with E-state index in [1.807, 2.05) is 6.92 Å². The van der Waals surface area contributed by atoms with Crippen molar-refractivity contribution >= 4 is 6.29 Å². The molecule has 0 aromatic heterocycles. The minimum absolute atomic E-state index is 0.274. The van der Waals surface area contributed by atoms with Crippen molar-refractivity contribution in [2.75, 3.05) is 0 Å². The van der Waals surface area contributed by atoms with Gasteiger partial charge in [-0.25, -0.2) is 0 Å². The van der Waals surface area contributed by atoms with Gasteiger partial charge < -0.3 is 4.79 Å². The molecule has 1 saturated carbocycles. The molecule has 0 N–H and O–H groups in total. The summed E-state index contributed by atoms with van der Waals surface area (Å²) in [6.07, 6.45) is 7.69. The fraction of sp³-hybridized carbons (Fsp3) is 0.923. The van der Waals surface area contributed by atoms with Gasteiger partial charge in [-0.2, -0.15) is 0 Å². The molecular formula is C13H24O. The number of hydrogen-bond acceptors (Lipinski definition) is 1. The normalized spacial score (nSPS) is 30.3. The Hall–Kier alpha value is -0.330. The van der Waals surface area contributed by atoms with Crippen molar-refractivity contribution in [2.45, 2.75) is 52.9 Å². The van der Waals surface area contributed by atoms with Crippen molar-refractivity contribution in [1.82, 2.24) is 0 Å². The zero-order valence-corrected chi connectivity index (χ0v) is 9.83. The molecule has 1 nitrogen and oxygen atoms in total. The summed E-state index contributed by atoms with van der Waals surface area (Å²) in [6.45, 7) is 6.71. The molecule has 0 spiro atoms. The molecule has 1 rings (SSSR count). The Balaban J connectivity index is 2.25. The number of hydrogen-bond donors (Lipinski definition) is 0. The van der Waals surface area contributed by atoms with Crippen molar-refractivity contribution in [3.8, 4) is 0 Å². The Labute approximate surface area is 88.3 Å². The van der Waals surface area contributed by atoms with Crippen LogP contribution in [0.25, 0.3) is 0 Å². The van der Waals surface area contributed by atoms with Crippen LogP contribution in [0.3, 0.4) is 0 Å². The Morgan fingerprint density at radius 2 is 1.71 bits per heavy atom. The topological polar surface area (TPSA) is 17.1 Å². The van der Waals surface area contributed by atoms with Gasteiger partial charge >= 0.3 is 0 Å². The Bertz CT molecular complexity index is 166. The van der Waals surface area contributed by atoms with Crippen LogP contribution in [0.5, 0.6) is 0 Å². The largest absolute Gasteiger partial charge is 0.303 e. The van der Waals surface area contributed by atoms with Gasteiger partial charge in [-0.05, 0) is 37.0 Å². The second-order valence-electron chi connectivity index (χ2n) is 5.37. The van der Waals surface area contributed by atoms with Gasteiger partial charge in [-0.1, -0.05) is 33.6 Å². The van der Waals surface area contributed by atoms with E-state index in [4.69, 9.17) is 0 Å². The zero-order chi connectivity index (χ0) is 10.6. The molecule has 1 aliphatic rings. The van der Waals surface area contributed by atoms with Crippen molar-refractivity contribution < 1.29 is 4.79 Å². The van der Waals surface area contributed by atoms with Crippen LogP contribution in [0.1, 0.15) is 52.9 Å². The maximum Gasteiger partial charge on any atom is 0.122 e. The lowest BCUT2D eigenvalue weighted by Crippen LogP contribution is -2.20. The molecule has 14 heavy (non-hydrogen) atoms. The monoisotopic (exact) mass is 196 g/mol. The van der Waals surface area contributed by atoms with E-state index >= 15 is 0 Å². The molecule has 0 radical (unpaired) electrons. The van der Waals surface area contributed by atoms with Gasteiger partial charge in [0.1, 0.15) is 6.29 Å². The van der Waals surface area contributed by atoms with Gasteiger partial charge in [0.15, 0.2) is 0 Å². The van der Waals surface area contributed by atoms with Gasteiger partial charge in [0.2, 0.25) is 0 Å². The molecule has 82 valence electrons. The van der Waals surface area contributed by atoms with Gasteiger partial charge in [0.25, 0.3) is 0 Å². The number of rotatable bonds is 4. The Morgan fingerprint density at radius 1 is 1.14 bits per heavy atom. The predicted molar refractivity (Wildman–Crippen MR) is 60.1 cm³/mol. The van der Waals surface area contributed by atoms with Gasteiger partial charge in [-0.15, -0.1) is 0 Å². The number of carbonyl (C=O) groups excluding carboxylic acids is 1. The third-order valence-corrected chi connectivity index (χ3v) is 3.77. The van der Waals surface area contributed by atoms with E-state index in [1.165, 1.54) is 25.7 Å². The minimum Gasteiger partial charge on any atom is -0.303 e. The molecule has 0 aromatic rings. The van der Waals surface area contributed by atoms with Gasteiger partial charge in [0.05, 0.1) is 0 Å². The van der Waals surface area contributed by atoms with Crippen LogP contribution in [-0.4, -0.2) is 6.29 Å².